The van der Waals surface area contributed by atoms with Crippen LogP contribution in [0.3, 0.4) is 0 Å². The lowest BCUT2D eigenvalue weighted by molar-refractivity contribution is -0.0000129. The molecule has 1 amide bonds. The van der Waals surface area contributed by atoms with Crippen LogP contribution in [-0.4, -0.2) is 51.1 Å². The van der Waals surface area contributed by atoms with Gasteiger partial charge < -0.3 is 27.9 Å². The SMILES string of the molecule is CN(C)CCCNCCNC(=O)c1ccc([N+]#N)cc1.[Cl-]. The van der Waals surface area contributed by atoms with E-state index in [1.165, 1.54) is 0 Å². The number of rotatable bonds is 8. The van der Waals surface area contributed by atoms with Gasteiger partial charge in [-0.05, 0) is 45.7 Å². The van der Waals surface area contributed by atoms with E-state index in [2.05, 4.69) is 34.6 Å². The number of carbonyl (C=O) groups is 1. The fourth-order valence-corrected chi connectivity index (χ4v) is 1.69. The van der Waals surface area contributed by atoms with Crippen molar-refractivity contribution in [1.29, 1.82) is 5.39 Å². The van der Waals surface area contributed by atoms with E-state index in [0.29, 0.717) is 17.8 Å². The van der Waals surface area contributed by atoms with E-state index in [9.17, 15) is 4.79 Å². The molecule has 1 aromatic carbocycles. The fraction of sp³-hybridized carbons (Fsp3) is 0.500. The first kappa shape index (κ1) is 19.3. The number of hydrogen-bond donors (Lipinski definition) is 2. The fourth-order valence-electron chi connectivity index (χ4n) is 1.69. The largest absolute Gasteiger partial charge is 1.00 e. The van der Waals surface area contributed by atoms with Crippen molar-refractivity contribution in [2.24, 2.45) is 0 Å². The second-order valence-corrected chi connectivity index (χ2v) is 4.81. The Labute approximate surface area is 131 Å². The third-order valence-electron chi connectivity index (χ3n) is 2.79. The zero-order chi connectivity index (χ0) is 14.8. The van der Waals surface area contributed by atoms with Crippen molar-refractivity contribution in [2.45, 2.75) is 6.42 Å². The normalized spacial score (nSPS) is 9.81. The maximum absolute atomic E-state index is 11.8. The van der Waals surface area contributed by atoms with Crippen LogP contribution < -0.4 is 23.0 Å². The van der Waals surface area contributed by atoms with Crippen LogP contribution in [-0.2, 0) is 0 Å². The number of nitrogens with zero attached hydrogens (tertiary/aromatic N) is 3. The molecule has 0 saturated heterocycles. The Balaban J connectivity index is 0.00000400. The van der Waals surface area contributed by atoms with Crippen LogP contribution in [0.1, 0.15) is 16.8 Å². The Kier molecular flexibility index (Phi) is 10.1. The number of carbonyl (C=O) groups excluding carboxylic acids is 1. The van der Waals surface area contributed by atoms with Gasteiger partial charge in [0.1, 0.15) is 0 Å². The molecule has 1 aromatic rings. The van der Waals surface area contributed by atoms with Crippen molar-refractivity contribution in [1.82, 2.24) is 15.5 Å². The molecule has 0 aliphatic heterocycles. The molecule has 0 saturated carbocycles. The van der Waals surface area contributed by atoms with Gasteiger partial charge in [-0.1, -0.05) is 0 Å². The lowest BCUT2D eigenvalue weighted by Crippen LogP contribution is -3.00. The molecule has 116 valence electrons. The predicted octanol–water partition coefficient (Wildman–Crippen LogP) is -1.55. The Morgan fingerprint density at radius 3 is 2.43 bits per heavy atom. The number of benzene rings is 1. The van der Waals surface area contributed by atoms with Gasteiger partial charge in [0, 0.05) is 30.8 Å². The number of hydrogen-bond acceptors (Lipinski definition) is 4. The molecule has 2 N–H and O–H groups in total. The van der Waals surface area contributed by atoms with E-state index in [1.54, 1.807) is 24.3 Å². The van der Waals surface area contributed by atoms with Gasteiger partial charge in [-0.3, -0.25) is 4.79 Å². The highest BCUT2D eigenvalue weighted by Gasteiger charge is 2.08. The van der Waals surface area contributed by atoms with Gasteiger partial charge in [-0.15, -0.1) is 0 Å². The van der Waals surface area contributed by atoms with Crippen LogP contribution >= 0.6 is 0 Å². The second kappa shape index (κ2) is 11.0. The molecule has 6 nitrogen and oxygen atoms in total. The van der Waals surface area contributed by atoms with Gasteiger partial charge in [0.2, 0.25) is 5.39 Å². The summed E-state index contributed by atoms with van der Waals surface area (Å²) in [5, 5.41) is 14.7. The second-order valence-electron chi connectivity index (χ2n) is 4.81. The highest BCUT2D eigenvalue weighted by molar-refractivity contribution is 5.94. The molecule has 21 heavy (non-hydrogen) atoms. The van der Waals surface area contributed by atoms with Crippen LogP contribution in [0.2, 0.25) is 0 Å². The Morgan fingerprint density at radius 2 is 1.86 bits per heavy atom. The van der Waals surface area contributed by atoms with Crippen LogP contribution in [0.15, 0.2) is 24.3 Å². The molecular weight excluding hydrogens is 290 g/mol. The monoisotopic (exact) mass is 311 g/mol. The van der Waals surface area contributed by atoms with Crippen molar-refractivity contribution >= 4 is 11.6 Å². The maximum Gasteiger partial charge on any atom is 0.385 e. The van der Waals surface area contributed by atoms with Crippen molar-refractivity contribution in [3.8, 4) is 0 Å². The first-order chi connectivity index (χ1) is 9.63. The molecule has 0 atom stereocenters. The predicted molar refractivity (Wildman–Crippen MR) is 79.6 cm³/mol. The summed E-state index contributed by atoms with van der Waals surface area (Å²) in [7, 11) is 4.10. The lowest BCUT2D eigenvalue weighted by atomic mass is 10.2. The summed E-state index contributed by atoms with van der Waals surface area (Å²) < 4.78 is 0. The molecule has 0 bridgehead atoms. The quantitative estimate of drug-likeness (QED) is 0.450. The molecule has 0 aliphatic carbocycles. The molecule has 0 fully saturated rings. The topological polar surface area (TPSA) is 72.5 Å². The maximum atomic E-state index is 11.8. The van der Waals surface area contributed by atoms with Crippen LogP contribution in [0, 0.1) is 5.39 Å². The average molecular weight is 312 g/mol. The van der Waals surface area contributed by atoms with Crippen molar-refractivity contribution in [3.05, 3.63) is 34.8 Å². The van der Waals surface area contributed by atoms with E-state index >= 15 is 0 Å². The van der Waals surface area contributed by atoms with Crippen LogP contribution in [0.25, 0.3) is 4.98 Å². The zero-order valence-electron chi connectivity index (χ0n) is 12.5. The zero-order valence-corrected chi connectivity index (χ0v) is 13.2. The van der Waals surface area contributed by atoms with Crippen LogP contribution in [0.4, 0.5) is 5.69 Å². The van der Waals surface area contributed by atoms with Gasteiger partial charge in [-0.25, -0.2) is 0 Å². The van der Waals surface area contributed by atoms with E-state index in [0.717, 1.165) is 26.1 Å². The molecule has 7 heteroatoms. The van der Waals surface area contributed by atoms with Crippen molar-refractivity contribution in [3.63, 3.8) is 0 Å². The molecule has 0 aliphatic rings. The van der Waals surface area contributed by atoms with E-state index in [4.69, 9.17) is 5.39 Å². The summed E-state index contributed by atoms with van der Waals surface area (Å²) in [5.41, 5.74) is 0.995. The molecule has 0 heterocycles. The molecule has 0 spiro atoms. The van der Waals surface area contributed by atoms with E-state index in [-0.39, 0.29) is 18.3 Å². The highest BCUT2D eigenvalue weighted by atomic mass is 35.5. The lowest BCUT2D eigenvalue weighted by Gasteiger charge is -2.10. The third kappa shape index (κ3) is 8.25. The number of amides is 1. The minimum atomic E-state index is -0.121. The summed E-state index contributed by atoms with van der Waals surface area (Å²) in [6.07, 6.45) is 1.09. The number of nitrogens with one attached hydrogen (secondary N) is 2. The summed E-state index contributed by atoms with van der Waals surface area (Å²) >= 11 is 0. The van der Waals surface area contributed by atoms with Crippen molar-refractivity contribution in [2.75, 3.05) is 40.3 Å². The molecule has 0 aromatic heterocycles. The minimum Gasteiger partial charge on any atom is -1.00 e. The Hall–Kier alpha value is -1.68. The van der Waals surface area contributed by atoms with Gasteiger partial charge in [-0.2, -0.15) is 0 Å². The Bertz CT molecular complexity index is 455. The van der Waals surface area contributed by atoms with Crippen molar-refractivity contribution < 1.29 is 17.2 Å². The molecule has 1 rings (SSSR count). The standard InChI is InChI=1S/C14H21N5O.ClH/c1-19(2)11-3-8-16-9-10-17-14(20)12-4-6-13(18-15)7-5-12;/h4-7,16H,3,8-11H2,1-2H3;1H. The first-order valence-corrected chi connectivity index (χ1v) is 6.72. The Morgan fingerprint density at radius 1 is 1.19 bits per heavy atom. The molecule has 0 unspecified atom stereocenters. The van der Waals surface area contributed by atoms with E-state index < -0.39 is 0 Å². The highest BCUT2D eigenvalue weighted by Crippen LogP contribution is 2.12. The first-order valence-electron chi connectivity index (χ1n) is 6.72. The van der Waals surface area contributed by atoms with Gasteiger partial charge in [0.05, 0.1) is 0 Å². The van der Waals surface area contributed by atoms with Crippen LogP contribution in [0.5, 0.6) is 0 Å². The summed E-state index contributed by atoms with van der Waals surface area (Å²) in [5.74, 6) is -0.121. The molecule has 0 radical (unpaired) electrons. The molecular formula is C14H22ClN5O. The summed E-state index contributed by atoms with van der Waals surface area (Å²) in [6.45, 7) is 3.35. The van der Waals surface area contributed by atoms with E-state index in [1.807, 2.05) is 0 Å². The third-order valence-corrected chi connectivity index (χ3v) is 2.79. The van der Waals surface area contributed by atoms with Gasteiger partial charge >= 0.3 is 5.69 Å². The minimum absolute atomic E-state index is 0. The smallest absolute Gasteiger partial charge is 0.385 e. The number of diazo groups is 1. The van der Waals surface area contributed by atoms with Gasteiger partial charge in [0.15, 0.2) is 4.98 Å². The van der Waals surface area contributed by atoms with Gasteiger partial charge in [0.25, 0.3) is 5.91 Å². The average Bonchev–Trinajstić information content (AvgIpc) is 2.45. The summed E-state index contributed by atoms with van der Waals surface area (Å²) in [6, 6.07) is 6.45. The number of halogens is 1. The summed E-state index contributed by atoms with van der Waals surface area (Å²) in [4.78, 5) is 17.0.